The van der Waals surface area contributed by atoms with Gasteiger partial charge < -0.3 is 24.1 Å². The molecule has 0 aliphatic carbocycles. The van der Waals surface area contributed by atoms with E-state index in [0.29, 0.717) is 11.0 Å². The van der Waals surface area contributed by atoms with Crippen molar-refractivity contribution in [2.45, 2.75) is 83.3 Å². The van der Waals surface area contributed by atoms with Gasteiger partial charge >= 0.3 is 23.9 Å². The van der Waals surface area contributed by atoms with Crippen molar-refractivity contribution in [3.05, 3.63) is 22.7 Å². The quantitative estimate of drug-likeness (QED) is 0.394. The molecule has 2 rings (SSSR count). The SMILES string of the molecule is CCCCCCOC(=O)Nc1ccnc(=O)n1[C@@H]1O[C@H](CO)[C@@H](OC(=O)OC(C)(C)C)C1(F)F. The monoisotopic (exact) mass is 491 g/mol. The van der Waals surface area contributed by atoms with E-state index in [2.05, 4.69) is 10.3 Å². The molecule has 0 spiro atoms. The number of aromatic nitrogens is 2. The molecule has 3 atom stereocenters. The van der Waals surface area contributed by atoms with Gasteiger partial charge in [0.15, 0.2) is 0 Å². The van der Waals surface area contributed by atoms with Gasteiger partial charge in [0.2, 0.25) is 12.3 Å². The van der Waals surface area contributed by atoms with Crippen molar-refractivity contribution in [1.29, 1.82) is 0 Å². The lowest BCUT2D eigenvalue weighted by Crippen LogP contribution is -2.45. The summed E-state index contributed by atoms with van der Waals surface area (Å²) < 4.78 is 50.9. The molecular formula is C21H31F2N3O8. The van der Waals surface area contributed by atoms with Gasteiger partial charge in [-0.15, -0.1) is 0 Å². The van der Waals surface area contributed by atoms with E-state index in [9.17, 15) is 19.5 Å². The molecule has 0 unspecified atom stereocenters. The summed E-state index contributed by atoms with van der Waals surface area (Å²) in [6.07, 6.45) is -4.20. The number of hydrogen-bond donors (Lipinski definition) is 2. The van der Waals surface area contributed by atoms with E-state index in [-0.39, 0.29) is 12.4 Å². The number of aliphatic hydroxyl groups excluding tert-OH is 1. The van der Waals surface area contributed by atoms with Crippen LogP contribution in [0.25, 0.3) is 0 Å². The van der Waals surface area contributed by atoms with Crippen LogP contribution in [0.4, 0.5) is 24.2 Å². The lowest BCUT2D eigenvalue weighted by molar-refractivity contribution is -0.149. The van der Waals surface area contributed by atoms with Crippen LogP contribution in [0.3, 0.4) is 0 Å². The Balaban J connectivity index is 2.23. The topological polar surface area (TPSA) is 138 Å². The summed E-state index contributed by atoms with van der Waals surface area (Å²) in [4.78, 5) is 39.9. The van der Waals surface area contributed by atoms with Gasteiger partial charge in [0.1, 0.15) is 17.5 Å². The van der Waals surface area contributed by atoms with E-state index >= 15 is 8.78 Å². The Bertz CT molecular complexity index is 903. The molecule has 0 saturated carbocycles. The molecule has 192 valence electrons. The number of anilines is 1. The van der Waals surface area contributed by atoms with Crippen molar-refractivity contribution in [2.24, 2.45) is 0 Å². The van der Waals surface area contributed by atoms with Crippen LogP contribution in [0.15, 0.2) is 17.1 Å². The molecule has 0 radical (unpaired) electrons. The molecule has 0 aromatic carbocycles. The third kappa shape index (κ3) is 7.10. The van der Waals surface area contributed by atoms with Crippen molar-refractivity contribution in [2.75, 3.05) is 18.5 Å². The first-order chi connectivity index (χ1) is 15.9. The van der Waals surface area contributed by atoms with Crippen LogP contribution in [0.5, 0.6) is 0 Å². The summed E-state index contributed by atoms with van der Waals surface area (Å²) in [5.41, 5.74) is -2.19. The number of halogens is 2. The van der Waals surface area contributed by atoms with Gasteiger partial charge in [-0.2, -0.15) is 8.78 Å². The molecule has 1 aromatic heterocycles. The first kappa shape index (κ1) is 27.4. The highest BCUT2D eigenvalue weighted by Crippen LogP contribution is 2.45. The zero-order valence-electron chi connectivity index (χ0n) is 19.6. The Hall–Kier alpha value is -2.80. The molecule has 11 nitrogen and oxygen atoms in total. The first-order valence-corrected chi connectivity index (χ1v) is 11.0. The van der Waals surface area contributed by atoms with Crippen LogP contribution in [-0.2, 0) is 18.9 Å². The van der Waals surface area contributed by atoms with Gasteiger partial charge in [-0.1, -0.05) is 26.2 Å². The minimum absolute atomic E-state index is 0.107. The minimum Gasteiger partial charge on any atom is -0.449 e. The second-order valence-corrected chi connectivity index (χ2v) is 8.69. The zero-order valence-corrected chi connectivity index (χ0v) is 19.6. The van der Waals surface area contributed by atoms with Crippen molar-refractivity contribution in [1.82, 2.24) is 9.55 Å². The van der Waals surface area contributed by atoms with Crippen LogP contribution >= 0.6 is 0 Å². The Kier molecular flexibility index (Phi) is 9.33. The number of nitrogens with one attached hydrogen (secondary N) is 1. The van der Waals surface area contributed by atoms with Crippen LogP contribution < -0.4 is 11.0 Å². The van der Waals surface area contributed by atoms with Crippen molar-refractivity contribution in [3.63, 3.8) is 0 Å². The van der Waals surface area contributed by atoms with Crippen molar-refractivity contribution < 1.29 is 42.4 Å². The molecule has 1 aliphatic rings. The van der Waals surface area contributed by atoms with E-state index in [4.69, 9.17) is 18.9 Å². The Morgan fingerprint density at radius 2 is 2.00 bits per heavy atom. The van der Waals surface area contributed by atoms with Crippen molar-refractivity contribution >= 4 is 18.1 Å². The number of carbonyl (C=O) groups excluding carboxylic acids is 2. The van der Waals surface area contributed by atoms with Crippen LogP contribution in [0, 0.1) is 0 Å². The fraction of sp³-hybridized carbons (Fsp3) is 0.714. The summed E-state index contributed by atoms with van der Waals surface area (Å²) in [6.45, 7) is 5.73. The number of carbonyl (C=O) groups is 2. The summed E-state index contributed by atoms with van der Waals surface area (Å²) in [5, 5.41) is 11.8. The highest BCUT2D eigenvalue weighted by Gasteiger charge is 2.63. The lowest BCUT2D eigenvalue weighted by Gasteiger charge is -2.26. The highest BCUT2D eigenvalue weighted by molar-refractivity contribution is 5.83. The van der Waals surface area contributed by atoms with Gasteiger partial charge in [-0.3, -0.25) is 5.32 Å². The number of nitrogens with zero attached hydrogens (tertiary/aromatic N) is 2. The second kappa shape index (κ2) is 11.6. The third-order valence-corrected chi connectivity index (χ3v) is 4.72. The van der Waals surface area contributed by atoms with Gasteiger partial charge in [0.05, 0.1) is 13.2 Å². The number of rotatable bonds is 9. The Labute approximate surface area is 195 Å². The zero-order chi connectivity index (χ0) is 25.5. The highest BCUT2D eigenvalue weighted by atomic mass is 19.3. The van der Waals surface area contributed by atoms with E-state index < -0.39 is 54.5 Å². The van der Waals surface area contributed by atoms with Gasteiger partial charge in [0.25, 0.3) is 0 Å². The molecule has 1 saturated heterocycles. The summed E-state index contributed by atoms with van der Waals surface area (Å²) in [6, 6.07) is 1.11. The smallest absolute Gasteiger partial charge is 0.449 e. The molecule has 13 heteroatoms. The standard InChI is InChI=1S/C21H31F2N3O8/c1-5-6-7-8-11-31-18(29)25-14-9-10-24-17(28)26(14)16-21(22,23)15(13(12-27)32-16)33-19(30)34-20(2,3)4/h9-10,13,15-16,27H,5-8,11-12H2,1-4H3,(H,25,29)/t13-,15-,16-/m1/s1. The molecule has 1 aliphatic heterocycles. The van der Waals surface area contributed by atoms with Crippen molar-refractivity contribution in [3.8, 4) is 0 Å². The second-order valence-electron chi connectivity index (χ2n) is 8.69. The maximum atomic E-state index is 15.3. The number of alkyl halides is 2. The molecular weight excluding hydrogens is 460 g/mol. The summed E-state index contributed by atoms with van der Waals surface area (Å²) >= 11 is 0. The minimum atomic E-state index is -4.00. The lowest BCUT2D eigenvalue weighted by atomic mass is 10.1. The molecule has 0 bridgehead atoms. The maximum absolute atomic E-state index is 15.3. The van der Waals surface area contributed by atoms with Crippen LogP contribution in [0.1, 0.15) is 59.6 Å². The normalized spacial score (nSPS) is 21.7. The fourth-order valence-electron chi connectivity index (χ4n) is 3.20. The molecule has 1 fully saturated rings. The van der Waals surface area contributed by atoms with Gasteiger partial charge in [0, 0.05) is 6.20 Å². The fourth-order valence-corrected chi connectivity index (χ4v) is 3.20. The molecule has 2 N–H and O–H groups in total. The maximum Gasteiger partial charge on any atom is 0.509 e. The predicted octanol–water partition coefficient (Wildman–Crippen LogP) is 3.22. The van der Waals surface area contributed by atoms with E-state index in [1.54, 1.807) is 0 Å². The number of hydrogen-bond acceptors (Lipinski definition) is 9. The van der Waals surface area contributed by atoms with E-state index in [1.807, 2.05) is 6.92 Å². The first-order valence-electron chi connectivity index (χ1n) is 11.0. The largest absolute Gasteiger partial charge is 0.509 e. The molecule has 2 heterocycles. The average molecular weight is 491 g/mol. The average Bonchev–Trinajstić information content (AvgIpc) is 2.96. The summed E-state index contributed by atoms with van der Waals surface area (Å²) in [5.74, 6) is -4.38. The molecule has 1 amide bonds. The number of unbranched alkanes of at least 4 members (excludes halogenated alkanes) is 3. The van der Waals surface area contributed by atoms with Crippen LogP contribution in [-0.4, -0.2) is 63.9 Å². The predicted molar refractivity (Wildman–Crippen MR) is 115 cm³/mol. The number of aliphatic hydroxyl groups is 1. The van der Waals surface area contributed by atoms with E-state index in [0.717, 1.165) is 31.5 Å². The molecule has 34 heavy (non-hydrogen) atoms. The number of ether oxygens (including phenoxy) is 4. The van der Waals surface area contributed by atoms with Gasteiger partial charge in [-0.05, 0) is 33.3 Å². The Morgan fingerprint density at radius 3 is 2.62 bits per heavy atom. The Morgan fingerprint density at radius 1 is 1.29 bits per heavy atom. The van der Waals surface area contributed by atoms with Gasteiger partial charge in [-0.25, -0.2) is 23.9 Å². The number of amides is 1. The summed E-state index contributed by atoms with van der Waals surface area (Å²) in [7, 11) is 0. The van der Waals surface area contributed by atoms with E-state index in [1.165, 1.54) is 20.8 Å². The van der Waals surface area contributed by atoms with Crippen LogP contribution in [0.2, 0.25) is 0 Å². The third-order valence-electron chi connectivity index (χ3n) is 4.72. The molecule has 1 aromatic rings.